The molecular formula is C12H22N2O3S. The molecule has 0 spiro atoms. The average Bonchev–Trinajstić information content (AvgIpc) is 2.28. The minimum atomic E-state index is -0.865. The quantitative estimate of drug-likeness (QED) is 0.848. The van der Waals surface area contributed by atoms with Gasteiger partial charge in [-0.3, -0.25) is 4.79 Å². The molecular weight excluding hydrogens is 252 g/mol. The molecule has 1 N–H and O–H groups in total. The Hall–Kier alpha value is -0.910. The zero-order chi connectivity index (χ0) is 13.7. The molecule has 0 aliphatic carbocycles. The van der Waals surface area contributed by atoms with Gasteiger partial charge in [0.1, 0.15) is 0 Å². The molecule has 1 aliphatic heterocycles. The molecule has 104 valence electrons. The van der Waals surface area contributed by atoms with E-state index in [1.807, 2.05) is 23.6 Å². The maximum absolute atomic E-state index is 12.3. The van der Waals surface area contributed by atoms with Crippen LogP contribution in [-0.2, 0) is 4.79 Å². The Morgan fingerprint density at radius 2 is 2.22 bits per heavy atom. The number of nitrogens with zero attached hydrogens (tertiary/aromatic N) is 2. The molecule has 0 bridgehead atoms. The maximum Gasteiger partial charge on any atom is 0.320 e. The number of carbonyl (C=O) groups excluding carboxylic acids is 1. The summed E-state index contributed by atoms with van der Waals surface area (Å²) in [6.07, 6.45) is -0.00226. The van der Waals surface area contributed by atoms with Crippen LogP contribution in [-0.4, -0.2) is 63.6 Å². The third-order valence-electron chi connectivity index (χ3n) is 3.10. The van der Waals surface area contributed by atoms with Gasteiger partial charge in [-0.05, 0) is 13.8 Å². The van der Waals surface area contributed by atoms with Gasteiger partial charge in [0.25, 0.3) is 0 Å². The number of amides is 2. The highest BCUT2D eigenvalue weighted by molar-refractivity contribution is 7.99. The van der Waals surface area contributed by atoms with Crippen LogP contribution < -0.4 is 0 Å². The highest BCUT2D eigenvalue weighted by Gasteiger charge is 2.28. The van der Waals surface area contributed by atoms with Crippen molar-refractivity contribution in [1.29, 1.82) is 0 Å². The number of hydrogen-bond donors (Lipinski definition) is 1. The molecule has 1 heterocycles. The Morgan fingerprint density at radius 3 is 2.72 bits per heavy atom. The lowest BCUT2D eigenvalue weighted by molar-refractivity contribution is -0.138. The van der Waals surface area contributed by atoms with Gasteiger partial charge in [-0.1, -0.05) is 6.92 Å². The van der Waals surface area contributed by atoms with E-state index in [-0.39, 0.29) is 18.5 Å². The molecule has 5 nitrogen and oxygen atoms in total. The molecule has 0 aromatic rings. The van der Waals surface area contributed by atoms with Gasteiger partial charge < -0.3 is 14.9 Å². The van der Waals surface area contributed by atoms with Crippen LogP contribution in [0.5, 0.6) is 0 Å². The second-order valence-corrected chi connectivity index (χ2v) is 6.19. The fourth-order valence-electron chi connectivity index (χ4n) is 2.17. The number of aliphatic carboxylic acids is 1. The Balaban J connectivity index is 2.63. The third kappa shape index (κ3) is 4.08. The Kier molecular flexibility index (Phi) is 5.78. The molecule has 2 atom stereocenters. The number of urea groups is 1. The molecule has 6 heteroatoms. The summed E-state index contributed by atoms with van der Waals surface area (Å²) in [4.78, 5) is 26.6. The van der Waals surface area contributed by atoms with Gasteiger partial charge in [-0.25, -0.2) is 4.79 Å². The van der Waals surface area contributed by atoms with Crippen LogP contribution in [0.4, 0.5) is 4.79 Å². The van der Waals surface area contributed by atoms with Gasteiger partial charge in [0.2, 0.25) is 0 Å². The van der Waals surface area contributed by atoms with Crippen LogP contribution in [0.3, 0.4) is 0 Å². The summed E-state index contributed by atoms with van der Waals surface area (Å²) in [6.45, 7) is 7.84. The van der Waals surface area contributed by atoms with Crippen molar-refractivity contribution in [2.75, 3.05) is 25.4 Å². The number of carboxylic acids is 1. The average molecular weight is 274 g/mol. The van der Waals surface area contributed by atoms with Gasteiger partial charge in [0.05, 0.1) is 6.42 Å². The largest absolute Gasteiger partial charge is 0.481 e. The standard InChI is InChI=1S/C12H22N2O3S/c1-4-14(9(2)7-11(15)16)12(17)13-5-6-18-10(3)8-13/h9-10H,4-8H2,1-3H3,(H,15,16). The van der Waals surface area contributed by atoms with Crippen LogP contribution >= 0.6 is 11.8 Å². The van der Waals surface area contributed by atoms with E-state index in [0.29, 0.717) is 11.8 Å². The molecule has 1 aliphatic rings. The summed E-state index contributed by atoms with van der Waals surface area (Å²) in [5, 5.41) is 9.26. The summed E-state index contributed by atoms with van der Waals surface area (Å²) >= 11 is 1.87. The van der Waals surface area contributed by atoms with Crippen molar-refractivity contribution >= 4 is 23.8 Å². The van der Waals surface area contributed by atoms with E-state index in [9.17, 15) is 9.59 Å². The minimum Gasteiger partial charge on any atom is -0.481 e. The van der Waals surface area contributed by atoms with Crippen molar-refractivity contribution in [2.24, 2.45) is 0 Å². The molecule has 1 rings (SSSR count). The monoisotopic (exact) mass is 274 g/mol. The number of hydrogen-bond acceptors (Lipinski definition) is 3. The summed E-state index contributed by atoms with van der Waals surface area (Å²) < 4.78 is 0. The normalized spacial score (nSPS) is 21.5. The number of thioether (sulfide) groups is 1. The molecule has 0 radical (unpaired) electrons. The van der Waals surface area contributed by atoms with Crippen molar-refractivity contribution in [2.45, 2.75) is 38.5 Å². The number of carboxylic acid groups (broad SMARTS) is 1. The predicted molar refractivity (Wildman–Crippen MR) is 73.0 cm³/mol. The van der Waals surface area contributed by atoms with Crippen LogP contribution in [0.15, 0.2) is 0 Å². The summed E-state index contributed by atoms with van der Waals surface area (Å²) in [5.41, 5.74) is 0. The van der Waals surface area contributed by atoms with Crippen LogP contribution in [0.1, 0.15) is 27.2 Å². The Bertz CT molecular complexity index is 312. The second kappa shape index (κ2) is 6.87. The first-order chi connectivity index (χ1) is 8.45. The van der Waals surface area contributed by atoms with E-state index >= 15 is 0 Å². The summed E-state index contributed by atoms with van der Waals surface area (Å²) in [6, 6.07) is -0.289. The molecule has 2 unspecified atom stereocenters. The fourth-order valence-corrected chi connectivity index (χ4v) is 3.19. The van der Waals surface area contributed by atoms with Crippen molar-refractivity contribution in [3.63, 3.8) is 0 Å². The molecule has 0 aromatic carbocycles. The Morgan fingerprint density at radius 1 is 1.56 bits per heavy atom. The van der Waals surface area contributed by atoms with Crippen molar-refractivity contribution < 1.29 is 14.7 Å². The van der Waals surface area contributed by atoms with E-state index < -0.39 is 5.97 Å². The molecule has 0 saturated carbocycles. The maximum atomic E-state index is 12.3. The van der Waals surface area contributed by atoms with Crippen molar-refractivity contribution in [1.82, 2.24) is 9.80 Å². The topological polar surface area (TPSA) is 60.9 Å². The zero-order valence-corrected chi connectivity index (χ0v) is 12.1. The Labute approximate surface area is 113 Å². The molecule has 2 amide bonds. The number of rotatable bonds is 4. The number of carbonyl (C=O) groups is 2. The van der Waals surface area contributed by atoms with E-state index in [0.717, 1.165) is 18.8 Å². The predicted octanol–water partition coefficient (Wildman–Crippen LogP) is 1.73. The molecule has 1 fully saturated rings. The molecule has 0 aromatic heterocycles. The van der Waals surface area contributed by atoms with E-state index in [1.54, 1.807) is 11.8 Å². The van der Waals surface area contributed by atoms with Crippen LogP contribution in [0, 0.1) is 0 Å². The summed E-state index contributed by atoms with van der Waals surface area (Å²) in [5.74, 6) is 0.0916. The second-order valence-electron chi connectivity index (χ2n) is 4.64. The molecule has 18 heavy (non-hydrogen) atoms. The van der Waals surface area contributed by atoms with Gasteiger partial charge in [-0.15, -0.1) is 0 Å². The lowest BCUT2D eigenvalue weighted by Crippen LogP contribution is -2.51. The van der Waals surface area contributed by atoms with Crippen molar-refractivity contribution in [3.8, 4) is 0 Å². The van der Waals surface area contributed by atoms with Crippen LogP contribution in [0.25, 0.3) is 0 Å². The first kappa shape index (κ1) is 15.1. The first-order valence-electron chi connectivity index (χ1n) is 6.34. The minimum absolute atomic E-state index is 0.00226. The van der Waals surface area contributed by atoms with Gasteiger partial charge >= 0.3 is 12.0 Å². The van der Waals surface area contributed by atoms with Crippen molar-refractivity contribution in [3.05, 3.63) is 0 Å². The lowest BCUT2D eigenvalue weighted by atomic mass is 10.2. The highest BCUT2D eigenvalue weighted by atomic mass is 32.2. The summed E-state index contributed by atoms with van der Waals surface area (Å²) in [7, 11) is 0. The SMILES string of the molecule is CCN(C(=O)N1CCSC(C)C1)C(C)CC(=O)O. The third-order valence-corrected chi connectivity index (χ3v) is 4.24. The highest BCUT2D eigenvalue weighted by Crippen LogP contribution is 2.19. The zero-order valence-electron chi connectivity index (χ0n) is 11.3. The van der Waals surface area contributed by atoms with Gasteiger partial charge in [0, 0.05) is 36.7 Å². The smallest absolute Gasteiger partial charge is 0.320 e. The van der Waals surface area contributed by atoms with E-state index in [4.69, 9.17) is 5.11 Å². The fraction of sp³-hybridized carbons (Fsp3) is 0.833. The van der Waals surface area contributed by atoms with E-state index in [2.05, 4.69) is 6.92 Å². The molecule has 1 saturated heterocycles. The van der Waals surface area contributed by atoms with Gasteiger partial charge in [-0.2, -0.15) is 11.8 Å². The lowest BCUT2D eigenvalue weighted by Gasteiger charge is -2.37. The van der Waals surface area contributed by atoms with Gasteiger partial charge in [0.15, 0.2) is 0 Å². The van der Waals surface area contributed by atoms with Crippen LogP contribution in [0.2, 0.25) is 0 Å². The first-order valence-corrected chi connectivity index (χ1v) is 7.39. The van der Waals surface area contributed by atoms with E-state index in [1.165, 1.54) is 0 Å².